The number of rotatable bonds is 4. The van der Waals surface area contributed by atoms with Gasteiger partial charge in [-0.2, -0.15) is 4.31 Å². The van der Waals surface area contributed by atoms with Crippen molar-refractivity contribution in [2.24, 2.45) is 0 Å². The van der Waals surface area contributed by atoms with E-state index < -0.39 is 10.0 Å². The SMILES string of the molecule is CCCCC1CN(c2ccccc2)c2cc(Br)c(O)cc2S(=O)(=O)N1C. The van der Waals surface area contributed by atoms with Crippen LogP contribution >= 0.6 is 15.9 Å². The van der Waals surface area contributed by atoms with Crippen molar-refractivity contribution >= 4 is 37.3 Å². The van der Waals surface area contributed by atoms with Gasteiger partial charge in [-0.15, -0.1) is 0 Å². The van der Waals surface area contributed by atoms with Gasteiger partial charge < -0.3 is 10.0 Å². The number of phenolic OH excluding ortho intramolecular Hbond substituents is 1. The van der Waals surface area contributed by atoms with Crippen molar-refractivity contribution in [3.05, 3.63) is 46.9 Å². The van der Waals surface area contributed by atoms with Crippen molar-refractivity contribution in [3.8, 4) is 5.75 Å². The summed E-state index contributed by atoms with van der Waals surface area (Å²) in [6, 6.07) is 12.6. The van der Waals surface area contributed by atoms with E-state index in [-0.39, 0.29) is 16.7 Å². The Morgan fingerprint density at radius 1 is 1.23 bits per heavy atom. The van der Waals surface area contributed by atoms with Gasteiger partial charge in [0.1, 0.15) is 10.6 Å². The molecule has 0 fully saturated rings. The maximum Gasteiger partial charge on any atom is 0.245 e. The molecule has 1 aliphatic heterocycles. The Morgan fingerprint density at radius 3 is 2.58 bits per heavy atom. The molecule has 7 heteroatoms. The van der Waals surface area contributed by atoms with Crippen molar-refractivity contribution in [1.82, 2.24) is 4.31 Å². The molecule has 2 aromatic carbocycles. The summed E-state index contributed by atoms with van der Waals surface area (Å²) in [5, 5.41) is 10.1. The number of sulfonamides is 1. The highest BCUT2D eigenvalue weighted by Crippen LogP contribution is 2.42. The van der Waals surface area contributed by atoms with Gasteiger partial charge in [0, 0.05) is 31.4 Å². The van der Waals surface area contributed by atoms with Crippen molar-refractivity contribution in [1.29, 1.82) is 0 Å². The zero-order valence-electron chi connectivity index (χ0n) is 14.9. The molecular formula is C19H23BrN2O3S. The lowest BCUT2D eigenvalue weighted by molar-refractivity contribution is 0.351. The maximum absolute atomic E-state index is 13.2. The number of para-hydroxylation sites is 1. The average Bonchev–Trinajstić information content (AvgIpc) is 2.70. The van der Waals surface area contributed by atoms with Crippen LogP contribution in [0.3, 0.4) is 0 Å². The van der Waals surface area contributed by atoms with E-state index in [9.17, 15) is 13.5 Å². The van der Waals surface area contributed by atoms with Crippen LogP contribution in [0, 0.1) is 0 Å². The summed E-state index contributed by atoms with van der Waals surface area (Å²) in [5.74, 6) is -0.0826. The molecule has 1 atom stereocenters. The predicted octanol–water partition coefficient (Wildman–Crippen LogP) is 4.49. The van der Waals surface area contributed by atoms with E-state index in [1.165, 1.54) is 10.4 Å². The Labute approximate surface area is 163 Å². The van der Waals surface area contributed by atoms with Crippen LogP contribution in [0.5, 0.6) is 5.75 Å². The van der Waals surface area contributed by atoms with E-state index in [4.69, 9.17) is 0 Å². The zero-order chi connectivity index (χ0) is 18.9. The number of likely N-dealkylation sites (N-methyl/N-ethyl adjacent to an activating group) is 1. The van der Waals surface area contributed by atoms with E-state index >= 15 is 0 Å². The number of hydrogen-bond acceptors (Lipinski definition) is 4. The highest BCUT2D eigenvalue weighted by Gasteiger charge is 2.37. The van der Waals surface area contributed by atoms with Gasteiger partial charge in [-0.05, 0) is 40.5 Å². The van der Waals surface area contributed by atoms with Crippen LogP contribution in [0.4, 0.5) is 11.4 Å². The number of hydrogen-bond donors (Lipinski definition) is 1. The summed E-state index contributed by atoms with van der Waals surface area (Å²) < 4.78 is 28.4. The minimum Gasteiger partial charge on any atom is -0.507 e. The maximum atomic E-state index is 13.2. The van der Waals surface area contributed by atoms with E-state index in [0.29, 0.717) is 16.7 Å². The van der Waals surface area contributed by atoms with E-state index in [1.807, 2.05) is 35.2 Å². The van der Waals surface area contributed by atoms with E-state index in [0.717, 1.165) is 24.9 Å². The Bertz CT molecular complexity index is 887. The molecule has 0 aromatic heterocycles. The van der Waals surface area contributed by atoms with Crippen molar-refractivity contribution in [3.63, 3.8) is 0 Å². The number of fused-ring (bicyclic) bond motifs is 1. The van der Waals surface area contributed by atoms with Gasteiger partial charge in [0.05, 0.1) is 10.2 Å². The molecular weight excluding hydrogens is 416 g/mol. The molecule has 1 unspecified atom stereocenters. The minimum atomic E-state index is -3.71. The molecule has 140 valence electrons. The standard InChI is InChI=1S/C19H23BrN2O3S/c1-3-4-8-15-13-22(14-9-6-5-7-10-14)17-11-16(20)18(23)12-19(17)26(24,25)21(15)2/h5-7,9-12,15,23H,3-4,8,13H2,1-2H3. The summed E-state index contributed by atoms with van der Waals surface area (Å²) in [5.41, 5.74) is 1.50. The summed E-state index contributed by atoms with van der Waals surface area (Å²) in [4.78, 5) is 2.16. The number of halogens is 1. The molecule has 26 heavy (non-hydrogen) atoms. The number of aromatic hydroxyl groups is 1. The molecule has 0 saturated carbocycles. The highest BCUT2D eigenvalue weighted by atomic mass is 79.9. The second-order valence-electron chi connectivity index (χ2n) is 6.53. The summed E-state index contributed by atoms with van der Waals surface area (Å²) in [6.07, 6.45) is 2.75. The molecule has 5 nitrogen and oxygen atoms in total. The highest BCUT2D eigenvalue weighted by molar-refractivity contribution is 9.10. The summed E-state index contributed by atoms with van der Waals surface area (Å²) in [6.45, 7) is 2.66. The summed E-state index contributed by atoms with van der Waals surface area (Å²) in [7, 11) is -2.07. The molecule has 0 aliphatic carbocycles. The number of anilines is 2. The lowest BCUT2D eigenvalue weighted by atomic mass is 10.1. The Balaban J connectivity index is 2.21. The van der Waals surface area contributed by atoms with Gasteiger partial charge >= 0.3 is 0 Å². The van der Waals surface area contributed by atoms with Gasteiger partial charge in [-0.3, -0.25) is 0 Å². The second-order valence-corrected chi connectivity index (χ2v) is 9.36. The molecule has 0 spiro atoms. The van der Waals surface area contributed by atoms with Crippen LogP contribution in [-0.2, 0) is 10.0 Å². The number of unbranched alkanes of at least 4 members (excludes halogenated alkanes) is 1. The van der Waals surface area contributed by atoms with Crippen LogP contribution in [0.2, 0.25) is 0 Å². The van der Waals surface area contributed by atoms with Crippen LogP contribution in [0.25, 0.3) is 0 Å². The number of nitrogens with zero attached hydrogens (tertiary/aromatic N) is 2. The fourth-order valence-electron chi connectivity index (χ4n) is 3.29. The van der Waals surface area contributed by atoms with Gasteiger partial charge in [0.25, 0.3) is 0 Å². The van der Waals surface area contributed by atoms with Gasteiger partial charge in [0.15, 0.2) is 0 Å². The van der Waals surface area contributed by atoms with Gasteiger partial charge in [-0.25, -0.2) is 8.42 Å². The van der Waals surface area contributed by atoms with Crippen LogP contribution in [-0.4, -0.2) is 37.5 Å². The summed E-state index contributed by atoms with van der Waals surface area (Å²) >= 11 is 3.32. The van der Waals surface area contributed by atoms with Crippen LogP contribution in [0.1, 0.15) is 26.2 Å². The first-order valence-corrected chi connectivity index (χ1v) is 10.9. The Hall–Kier alpha value is -1.57. The third-order valence-corrected chi connectivity index (χ3v) is 7.42. The van der Waals surface area contributed by atoms with E-state index in [1.54, 1.807) is 13.1 Å². The average molecular weight is 439 g/mol. The monoisotopic (exact) mass is 438 g/mol. The Morgan fingerprint density at radius 2 is 1.92 bits per heavy atom. The fraction of sp³-hybridized carbons (Fsp3) is 0.368. The first-order valence-electron chi connectivity index (χ1n) is 8.69. The molecule has 0 bridgehead atoms. The van der Waals surface area contributed by atoms with Gasteiger partial charge in [-0.1, -0.05) is 38.0 Å². The molecule has 0 saturated heterocycles. The quantitative estimate of drug-likeness (QED) is 0.763. The molecule has 0 amide bonds. The lowest BCUT2D eigenvalue weighted by Crippen LogP contribution is -2.40. The van der Waals surface area contributed by atoms with Gasteiger partial charge in [0.2, 0.25) is 10.0 Å². The normalized spacial score (nSPS) is 19.8. The first-order chi connectivity index (χ1) is 12.4. The molecule has 0 radical (unpaired) electrons. The second kappa shape index (κ2) is 7.58. The van der Waals surface area contributed by atoms with Crippen LogP contribution in [0.15, 0.2) is 51.8 Å². The van der Waals surface area contributed by atoms with Crippen molar-refractivity contribution < 1.29 is 13.5 Å². The zero-order valence-corrected chi connectivity index (χ0v) is 17.3. The molecule has 1 heterocycles. The first kappa shape index (κ1) is 19.2. The lowest BCUT2D eigenvalue weighted by Gasteiger charge is -2.29. The molecule has 1 aliphatic rings. The Kier molecular flexibility index (Phi) is 5.60. The fourth-order valence-corrected chi connectivity index (χ4v) is 5.19. The minimum absolute atomic E-state index is 0.0826. The third kappa shape index (κ3) is 3.48. The topological polar surface area (TPSA) is 60.9 Å². The van der Waals surface area contributed by atoms with Crippen molar-refractivity contribution in [2.45, 2.75) is 37.1 Å². The molecule has 1 N–H and O–H groups in total. The van der Waals surface area contributed by atoms with Crippen LogP contribution < -0.4 is 4.90 Å². The smallest absolute Gasteiger partial charge is 0.245 e. The number of benzene rings is 2. The number of phenols is 1. The largest absolute Gasteiger partial charge is 0.507 e. The third-order valence-electron chi connectivity index (χ3n) is 4.84. The molecule has 2 aromatic rings. The molecule has 3 rings (SSSR count). The van der Waals surface area contributed by atoms with E-state index in [2.05, 4.69) is 22.9 Å². The predicted molar refractivity (Wildman–Crippen MR) is 108 cm³/mol. The van der Waals surface area contributed by atoms with Crippen molar-refractivity contribution in [2.75, 3.05) is 18.5 Å².